The van der Waals surface area contributed by atoms with Crippen molar-refractivity contribution in [2.24, 2.45) is 11.8 Å². The van der Waals surface area contributed by atoms with Crippen LogP contribution in [0.15, 0.2) is 35.6 Å². The summed E-state index contributed by atoms with van der Waals surface area (Å²) in [7, 11) is 0. The Kier molecular flexibility index (Phi) is 4.94. The molecule has 0 bridgehead atoms. The molecule has 18 heavy (non-hydrogen) atoms. The minimum atomic E-state index is -0.315. The van der Waals surface area contributed by atoms with Crippen molar-refractivity contribution < 1.29 is 9.53 Å². The summed E-state index contributed by atoms with van der Waals surface area (Å²) in [5.74, 6) is 1.24. The molecule has 2 heteroatoms. The number of allylic oxidation sites excluding steroid dienone is 3. The molecule has 1 aliphatic carbocycles. The van der Waals surface area contributed by atoms with Crippen LogP contribution in [0.2, 0.25) is 0 Å². The van der Waals surface area contributed by atoms with Crippen LogP contribution in [0.3, 0.4) is 0 Å². The summed E-state index contributed by atoms with van der Waals surface area (Å²) in [6.07, 6.45) is 3.05. The van der Waals surface area contributed by atoms with Crippen molar-refractivity contribution in [3.05, 3.63) is 35.6 Å². The topological polar surface area (TPSA) is 26.3 Å². The van der Waals surface area contributed by atoms with Gasteiger partial charge >= 0.3 is 5.97 Å². The fraction of sp³-hybridized carbons (Fsp3) is 0.562. The maximum atomic E-state index is 11.7. The van der Waals surface area contributed by atoms with Crippen molar-refractivity contribution in [1.29, 1.82) is 0 Å². The Labute approximate surface area is 110 Å². The minimum absolute atomic E-state index is 0.277. The zero-order chi connectivity index (χ0) is 13.9. The summed E-state index contributed by atoms with van der Waals surface area (Å²) in [6.45, 7) is 15.6. The smallest absolute Gasteiger partial charge is 0.338 e. The average Bonchev–Trinajstić information content (AvgIpc) is 2.30. The monoisotopic (exact) mass is 248 g/mol. The van der Waals surface area contributed by atoms with Gasteiger partial charge in [0.25, 0.3) is 0 Å². The highest BCUT2D eigenvalue weighted by Crippen LogP contribution is 2.40. The molecule has 0 aromatic rings. The molecular weight excluding hydrogens is 224 g/mol. The summed E-state index contributed by atoms with van der Waals surface area (Å²) in [5, 5.41) is 0. The molecule has 100 valence electrons. The number of ether oxygens (including phenoxy) is 1. The Bertz CT molecular complexity index is 401. The first-order valence-electron chi connectivity index (χ1n) is 6.61. The lowest BCUT2D eigenvalue weighted by Gasteiger charge is -2.33. The van der Waals surface area contributed by atoms with Crippen LogP contribution in [0.25, 0.3) is 0 Å². The van der Waals surface area contributed by atoms with Crippen molar-refractivity contribution in [3.8, 4) is 0 Å². The third kappa shape index (κ3) is 3.12. The first-order valence-corrected chi connectivity index (χ1v) is 6.61. The normalized spacial score (nSPS) is 23.8. The Morgan fingerprint density at radius 1 is 1.39 bits per heavy atom. The van der Waals surface area contributed by atoms with E-state index in [1.807, 2.05) is 0 Å². The van der Waals surface area contributed by atoms with E-state index in [2.05, 4.69) is 33.9 Å². The van der Waals surface area contributed by atoms with Crippen LogP contribution in [-0.2, 0) is 9.53 Å². The predicted octanol–water partition coefficient (Wildman–Crippen LogP) is 4.39. The van der Waals surface area contributed by atoms with Crippen LogP contribution < -0.4 is 0 Å². The molecular formula is C16H24O2. The summed E-state index contributed by atoms with van der Waals surface area (Å²) in [5.41, 5.74) is 2.81. The summed E-state index contributed by atoms with van der Waals surface area (Å²) < 4.78 is 5.55. The first-order chi connectivity index (χ1) is 8.38. The molecule has 0 radical (unpaired) electrons. The van der Waals surface area contributed by atoms with E-state index in [4.69, 9.17) is 4.74 Å². The second-order valence-corrected chi connectivity index (χ2v) is 5.32. The van der Waals surface area contributed by atoms with Gasteiger partial charge in [0.15, 0.2) is 0 Å². The second kappa shape index (κ2) is 6.03. The Balaban J connectivity index is 3.00. The van der Waals surface area contributed by atoms with Gasteiger partial charge in [0.2, 0.25) is 0 Å². The van der Waals surface area contributed by atoms with Crippen molar-refractivity contribution in [2.45, 2.75) is 47.0 Å². The van der Waals surface area contributed by atoms with Gasteiger partial charge in [-0.2, -0.15) is 0 Å². The molecule has 2 atom stereocenters. The van der Waals surface area contributed by atoms with Crippen LogP contribution in [0, 0.1) is 11.8 Å². The van der Waals surface area contributed by atoms with Gasteiger partial charge in [-0.3, -0.25) is 0 Å². The third-order valence-electron chi connectivity index (χ3n) is 3.70. The number of esters is 1. The molecule has 0 amide bonds. The van der Waals surface area contributed by atoms with E-state index in [-0.39, 0.29) is 11.9 Å². The highest BCUT2D eigenvalue weighted by Gasteiger charge is 2.32. The lowest BCUT2D eigenvalue weighted by molar-refractivity contribution is -0.136. The fourth-order valence-electron chi connectivity index (χ4n) is 2.61. The first kappa shape index (κ1) is 14.7. The molecule has 2 nitrogen and oxygen atoms in total. The molecule has 0 aliphatic heterocycles. The maximum Gasteiger partial charge on any atom is 0.338 e. The molecule has 0 saturated heterocycles. The van der Waals surface area contributed by atoms with Gasteiger partial charge < -0.3 is 4.74 Å². The molecule has 0 spiro atoms. The molecule has 1 rings (SSSR count). The quantitative estimate of drug-likeness (QED) is 0.419. The lowest BCUT2D eigenvalue weighted by atomic mass is 9.75. The lowest BCUT2D eigenvalue weighted by Crippen LogP contribution is -2.25. The number of carbonyl (C=O) groups excluding carboxylic acids is 1. The van der Waals surface area contributed by atoms with Crippen molar-refractivity contribution in [2.75, 3.05) is 0 Å². The number of hydrogen-bond donors (Lipinski definition) is 0. The van der Waals surface area contributed by atoms with Gasteiger partial charge in [0, 0.05) is 11.5 Å². The Morgan fingerprint density at radius 2 is 2.00 bits per heavy atom. The minimum Gasteiger partial charge on any atom is -0.427 e. The van der Waals surface area contributed by atoms with E-state index < -0.39 is 0 Å². The van der Waals surface area contributed by atoms with Crippen LogP contribution in [-0.4, -0.2) is 5.97 Å². The largest absolute Gasteiger partial charge is 0.427 e. The molecule has 0 aromatic heterocycles. The highest BCUT2D eigenvalue weighted by molar-refractivity contribution is 5.87. The van der Waals surface area contributed by atoms with Crippen LogP contribution in [0.5, 0.6) is 0 Å². The van der Waals surface area contributed by atoms with E-state index in [1.165, 1.54) is 11.1 Å². The number of rotatable bonds is 4. The summed E-state index contributed by atoms with van der Waals surface area (Å²) in [6, 6.07) is 0. The van der Waals surface area contributed by atoms with E-state index in [9.17, 15) is 4.79 Å². The van der Waals surface area contributed by atoms with Gasteiger partial charge in [0.05, 0.1) is 0 Å². The van der Waals surface area contributed by atoms with Gasteiger partial charge in [-0.05, 0) is 51.5 Å². The highest BCUT2D eigenvalue weighted by atomic mass is 16.5. The average molecular weight is 248 g/mol. The second-order valence-electron chi connectivity index (χ2n) is 5.32. The van der Waals surface area contributed by atoms with Crippen LogP contribution in [0.1, 0.15) is 47.0 Å². The van der Waals surface area contributed by atoms with Gasteiger partial charge in [0.1, 0.15) is 5.76 Å². The molecule has 0 aromatic carbocycles. The molecule has 0 fully saturated rings. The van der Waals surface area contributed by atoms with Gasteiger partial charge in [-0.1, -0.05) is 25.7 Å². The number of hydrogen-bond acceptors (Lipinski definition) is 2. The zero-order valence-corrected chi connectivity index (χ0v) is 12.0. The van der Waals surface area contributed by atoms with Gasteiger partial charge in [-0.15, -0.1) is 0 Å². The van der Waals surface area contributed by atoms with E-state index in [0.717, 1.165) is 25.0 Å². The van der Waals surface area contributed by atoms with E-state index in [1.54, 1.807) is 6.92 Å². The van der Waals surface area contributed by atoms with Crippen LogP contribution >= 0.6 is 0 Å². The molecule has 1 unspecified atom stereocenters. The zero-order valence-electron chi connectivity index (χ0n) is 12.0. The van der Waals surface area contributed by atoms with Gasteiger partial charge in [-0.25, -0.2) is 4.79 Å². The summed E-state index contributed by atoms with van der Waals surface area (Å²) >= 11 is 0. The molecule has 0 N–H and O–H groups in total. The predicted molar refractivity (Wildman–Crippen MR) is 74.9 cm³/mol. The van der Waals surface area contributed by atoms with Crippen molar-refractivity contribution in [1.82, 2.24) is 0 Å². The number of carbonyl (C=O) groups is 1. The SMILES string of the molecule is C=C(C)C(=O)OC1=C(C)CC[C@@H](C(=C)C)C1CC. The van der Waals surface area contributed by atoms with E-state index in [0.29, 0.717) is 11.5 Å². The summed E-state index contributed by atoms with van der Waals surface area (Å²) in [4.78, 5) is 11.7. The van der Waals surface area contributed by atoms with E-state index >= 15 is 0 Å². The fourth-order valence-corrected chi connectivity index (χ4v) is 2.61. The molecule has 1 aliphatic rings. The maximum absolute atomic E-state index is 11.7. The molecule has 0 saturated carbocycles. The van der Waals surface area contributed by atoms with Crippen molar-refractivity contribution in [3.63, 3.8) is 0 Å². The Morgan fingerprint density at radius 3 is 2.44 bits per heavy atom. The standard InChI is InChI=1S/C16H24O2/c1-7-13-14(10(2)3)9-8-12(6)15(13)18-16(17)11(4)5/h13-14H,2,4,7-9H2,1,3,5-6H3/t13?,14-/m0/s1. The molecule has 0 heterocycles. The Hall–Kier alpha value is -1.31. The van der Waals surface area contributed by atoms with Crippen LogP contribution in [0.4, 0.5) is 0 Å². The van der Waals surface area contributed by atoms with Crippen molar-refractivity contribution >= 4 is 5.97 Å². The third-order valence-corrected chi connectivity index (χ3v) is 3.70.